The van der Waals surface area contributed by atoms with Gasteiger partial charge in [0.25, 0.3) is 0 Å². The minimum absolute atomic E-state index is 0.182. The molecule has 1 fully saturated rings. The highest BCUT2D eigenvalue weighted by atomic mass is 16.5. The average Bonchev–Trinajstić information content (AvgIpc) is 3.03. The molecule has 1 aliphatic rings. The van der Waals surface area contributed by atoms with E-state index in [9.17, 15) is 5.02 Å². The van der Waals surface area contributed by atoms with Crippen LogP contribution in [0.1, 0.15) is 25.3 Å². The molecule has 1 saturated heterocycles. The van der Waals surface area contributed by atoms with Crippen molar-refractivity contribution in [3.63, 3.8) is 0 Å². The number of pyridine rings is 1. The van der Waals surface area contributed by atoms with Gasteiger partial charge in [-0.05, 0) is 49.5 Å². The first-order chi connectivity index (χ1) is 11.7. The van der Waals surface area contributed by atoms with Crippen LogP contribution in [0.3, 0.4) is 0 Å². The fourth-order valence-corrected chi connectivity index (χ4v) is 2.91. The van der Waals surface area contributed by atoms with Crippen LogP contribution in [0.15, 0.2) is 36.7 Å². The van der Waals surface area contributed by atoms with Gasteiger partial charge in [-0.25, -0.2) is 0 Å². The van der Waals surface area contributed by atoms with Crippen molar-refractivity contribution < 1.29 is 19.2 Å². The maximum Gasteiger partial charge on any atom is 0.454 e. The van der Waals surface area contributed by atoms with Crippen molar-refractivity contribution in [1.29, 1.82) is 0 Å². The van der Waals surface area contributed by atoms with Crippen LogP contribution in [0, 0.1) is 0 Å². The van der Waals surface area contributed by atoms with E-state index in [1.54, 1.807) is 0 Å². The first-order valence-electron chi connectivity index (χ1n) is 8.35. The summed E-state index contributed by atoms with van der Waals surface area (Å²) in [6, 6.07) is 8.02. The summed E-state index contributed by atoms with van der Waals surface area (Å²) in [6.07, 6.45) is 4.29. The van der Waals surface area contributed by atoms with E-state index in [0.29, 0.717) is 26.1 Å². The monoisotopic (exact) mass is 327 g/mol. The van der Waals surface area contributed by atoms with Crippen molar-refractivity contribution >= 4 is 7.12 Å². The van der Waals surface area contributed by atoms with Crippen molar-refractivity contribution in [1.82, 2.24) is 4.98 Å². The molecule has 2 heterocycles. The van der Waals surface area contributed by atoms with E-state index in [1.165, 1.54) is 0 Å². The van der Waals surface area contributed by atoms with Crippen molar-refractivity contribution in [2.75, 3.05) is 19.8 Å². The molecule has 1 aliphatic heterocycles. The number of rotatable bonds is 6. The highest BCUT2D eigenvalue weighted by Crippen LogP contribution is 2.34. The molecule has 0 amide bonds. The molecule has 6 heteroatoms. The van der Waals surface area contributed by atoms with Gasteiger partial charge in [0.15, 0.2) is 11.5 Å². The number of nitrogens with zero attached hydrogens (tertiary/aromatic N) is 1. The molecular weight excluding hydrogens is 305 g/mol. The fourth-order valence-electron chi connectivity index (χ4n) is 2.91. The largest absolute Gasteiger partial charge is 0.490 e. The Hall–Kier alpha value is -2.05. The second-order valence-electron chi connectivity index (χ2n) is 5.76. The van der Waals surface area contributed by atoms with Crippen molar-refractivity contribution in [3.05, 3.63) is 42.2 Å². The third-order valence-corrected chi connectivity index (χ3v) is 4.08. The van der Waals surface area contributed by atoms with Crippen LogP contribution in [0.4, 0.5) is 0 Å². The third-order valence-electron chi connectivity index (χ3n) is 4.08. The van der Waals surface area contributed by atoms with Crippen LogP contribution in [0.25, 0.3) is 11.1 Å². The van der Waals surface area contributed by atoms with Crippen LogP contribution in [-0.2, 0) is 4.65 Å². The Bertz CT molecular complexity index is 694. The Morgan fingerprint density at radius 1 is 1.12 bits per heavy atom. The molecule has 24 heavy (non-hydrogen) atoms. The molecule has 0 spiro atoms. The smallest absolute Gasteiger partial charge is 0.454 e. The lowest BCUT2D eigenvalue weighted by Gasteiger charge is -2.13. The number of hydrogen-bond acceptors (Lipinski definition) is 5. The lowest BCUT2D eigenvalue weighted by atomic mass is 9.80. The standard InChI is InChI=1S/C18H22BNO4/c1-3-22-17-6-5-13(8-18(17)23-4-2)14-7-15(11-20-10-14)16-9-19(21)24-12-16/h5-8,10-11,16,21H,3-4,9,12H2,1-2H3. The minimum atomic E-state index is -0.673. The van der Waals surface area contributed by atoms with E-state index >= 15 is 0 Å². The van der Waals surface area contributed by atoms with Crippen LogP contribution >= 0.6 is 0 Å². The van der Waals surface area contributed by atoms with Gasteiger partial charge in [0.1, 0.15) is 0 Å². The Kier molecular flexibility index (Phi) is 5.38. The number of ether oxygens (including phenoxy) is 2. The summed E-state index contributed by atoms with van der Waals surface area (Å²) in [6.45, 7) is 5.62. The van der Waals surface area contributed by atoms with Gasteiger partial charge in [-0.15, -0.1) is 0 Å². The van der Waals surface area contributed by atoms with Crippen molar-refractivity contribution in [2.24, 2.45) is 0 Å². The number of aromatic nitrogens is 1. The Morgan fingerprint density at radius 2 is 1.92 bits per heavy atom. The molecule has 0 radical (unpaired) electrons. The van der Waals surface area contributed by atoms with Crippen LogP contribution < -0.4 is 9.47 Å². The van der Waals surface area contributed by atoms with Crippen LogP contribution in [-0.4, -0.2) is 36.9 Å². The highest BCUT2D eigenvalue weighted by Gasteiger charge is 2.30. The average molecular weight is 327 g/mol. The topological polar surface area (TPSA) is 60.8 Å². The minimum Gasteiger partial charge on any atom is -0.490 e. The maximum absolute atomic E-state index is 9.55. The van der Waals surface area contributed by atoms with Crippen LogP contribution in [0.2, 0.25) is 6.32 Å². The summed E-state index contributed by atoms with van der Waals surface area (Å²) in [7, 11) is -0.673. The van der Waals surface area contributed by atoms with E-state index < -0.39 is 7.12 Å². The molecule has 1 aromatic heterocycles. The maximum atomic E-state index is 9.55. The molecule has 2 aromatic rings. The summed E-state index contributed by atoms with van der Waals surface area (Å²) < 4.78 is 16.6. The van der Waals surface area contributed by atoms with Gasteiger partial charge in [-0.1, -0.05) is 6.07 Å². The van der Waals surface area contributed by atoms with Gasteiger partial charge in [0.05, 0.1) is 13.2 Å². The summed E-state index contributed by atoms with van der Waals surface area (Å²) in [5.41, 5.74) is 3.12. The molecule has 1 atom stereocenters. The molecule has 0 bridgehead atoms. The van der Waals surface area contributed by atoms with Gasteiger partial charge < -0.3 is 19.2 Å². The third kappa shape index (κ3) is 3.71. The predicted octanol–water partition coefficient (Wildman–Crippen LogP) is 3.14. The van der Waals surface area contributed by atoms with Crippen LogP contribution in [0.5, 0.6) is 11.5 Å². The molecule has 0 aliphatic carbocycles. The number of hydrogen-bond donors (Lipinski definition) is 1. The van der Waals surface area contributed by atoms with Gasteiger partial charge in [-0.2, -0.15) is 0 Å². The van der Waals surface area contributed by atoms with E-state index in [-0.39, 0.29) is 5.92 Å². The zero-order valence-corrected chi connectivity index (χ0v) is 14.1. The van der Waals surface area contributed by atoms with Crippen molar-refractivity contribution in [3.8, 4) is 22.6 Å². The predicted molar refractivity (Wildman–Crippen MR) is 93.5 cm³/mol. The van der Waals surface area contributed by atoms with E-state index in [4.69, 9.17) is 14.1 Å². The van der Waals surface area contributed by atoms with Crippen molar-refractivity contribution in [2.45, 2.75) is 26.1 Å². The van der Waals surface area contributed by atoms with Gasteiger partial charge >= 0.3 is 7.12 Å². The van der Waals surface area contributed by atoms with E-state index in [2.05, 4.69) is 11.1 Å². The van der Waals surface area contributed by atoms with Gasteiger partial charge in [0.2, 0.25) is 0 Å². The molecular formula is C18H22BNO4. The molecule has 1 N–H and O–H groups in total. The zero-order chi connectivity index (χ0) is 16.9. The molecule has 0 saturated carbocycles. The molecule has 1 unspecified atom stereocenters. The first kappa shape index (κ1) is 16.8. The Morgan fingerprint density at radius 3 is 2.62 bits per heavy atom. The Balaban J connectivity index is 1.89. The van der Waals surface area contributed by atoms with E-state index in [0.717, 1.165) is 28.2 Å². The number of benzene rings is 1. The molecule has 126 valence electrons. The second kappa shape index (κ2) is 7.68. The molecule has 1 aromatic carbocycles. The SMILES string of the molecule is CCOc1ccc(-c2cncc(C3COB(O)C3)c2)cc1OCC. The summed E-state index contributed by atoms with van der Waals surface area (Å²) in [5.74, 6) is 1.67. The normalized spacial score (nSPS) is 17.1. The van der Waals surface area contributed by atoms with Gasteiger partial charge in [-0.3, -0.25) is 4.98 Å². The lowest BCUT2D eigenvalue weighted by molar-refractivity contribution is 0.288. The van der Waals surface area contributed by atoms with E-state index in [1.807, 2.05) is 44.4 Å². The fraction of sp³-hybridized carbons (Fsp3) is 0.389. The summed E-state index contributed by atoms with van der Waals surface area (Å²) >= 11 is 0. The second-order valence-corrected chi connectivity index (χ2v) is 5.76. The molecule has 3 rings (SSSR count). The highest BCUT2D eigenvalue weighted by molar-refractivity contribution is 6.43. The lowest BCUT2D eigenvalue weighted by Crippen LogP contribution is -2.07. The summed E-state index contributed by atoms with van der Waals surface area (Å²) in [4.78, 5) is 4.36. The quantitative estimate of drug-likeness (QED) is 0.826. The first-order valence-corrected chi connectivity index (χ1v) is 8.35. The zero-order valence-electron chi connectivity index (χ0n) is 14.1. The van der Waals surface area contributed by atoms with Gasteiger partial charge in [0, 0.05) is 30.5 Å². The Labute approximate surface area is 142 Å². The molecule has 5 nitrogen and oxygen atoms in total. The summed E-state index contributed by atoms with van der Waals surface area (Å²) in [5, 5.41) is 9.55.